The molecule has 0 aromatic heterocycles. The fourth-order valence-electron chi connectivity index (χ4n) is 5.43. The number of carbonyl (C=O) groups is 2. The summed E-state index contributed by atoms with van der Waals surface area (Å²) in [5.74, 6) is -0.547. The van der Waals surface area contributed by atoms with Gasteiger partial charge in [0.05, 0.1) is 42.3 Å². The third-order valence-electron chi connectivity index (χ3n) is 7.53. The van der Waals surface area contributed by atoms with Gasteiger partial charge in [-0.15, -0.1) is 0 Å². The fourth-order valence-corrected chi connectivity index (χ4v) is 5.43. The van der Waals surface area contributed by atoms with E-state index in [1.165, 1.54) is 0 Å². The van der Waals surface area contributed by atoms with E-state index in [4.69, 9.17) is 9.73 Å². The van der Waals surface area contributed by atoms with Gasteiger partial charge in [0, 0.05) is 37.5 Å². The van der Waals surface area contributed by atoms with Crippen LogP contribution in [0, 0.1) is 23.2 Å². The molecule has 5 rings (SSSR count). The summed E-state index contributed by atoms with van der Waals surface area (Å²) < 4.78 is 5.32. The van der Waals surface area contributed by atoms with Gasteiger partial charge in [-0.05, 0) is 49.1 Å². The Hall–Kier alpha value is -3.80. The first-order valence-corrected chi connectivity index (χ1v) is 13.2. The Balaban J connectivity index is 1.31. The minimum absolute atomic E-state index is 0.0140. The van der Waals surface area contributed by atoms with E-state index in [2.05, 4.69) is 22.8 Å². The molecule has 0 spiro atoms. The molecule has 0 bridgehead atoms. The largest absolute Gasteiger partial charge is 0.381 e. The highest BCUT2D eigenvalue weighted by Crippen LogP contribution is 2.36. The van der Waals surface area contributed by atoms with Gasteiger partial charge in [-0.25, -0.2) is 0 Å². The number of hydrogen-bond acceptors (Lipinski definition) is 6. The van der Waals surface area contributed by atoms with Crippen molar-refractivity contribution in [3.05, 3.63) is 77.4 Å². The first-order chi connectivity index (χ1) is 18.5. The van der Waals surface area contributed by atoms with Crippen molar-refractivity contribution >= 4 is 23.2 Å². The number of rotatable bonds is 6. The molecule has 2 N–H and O–H groups in total. The minimum atomic E-state index is -0.391. The quantitative estimate of drug-likeness (QED) is 0.618. The molecular formula is C30H33N5O3. The topological polar surface area (TPSA) is 107 Å². The van der Waals surface area contributed by atoms with Gasteiger partial charge < -0.3 is 20.3 Å². The molecule has 2 aromatic rings. The minimum Gasteiger partial charge on any atom is -0.381 e. The summed E-state index contributed by atoms with van der Waals surface area (Å²) in [5, 5.41) is 16.5. The monoisotopic (exact) mass is 511 g/mol. The van der Waals surface area contributed by atoms with E-state index >= 15 is 0 Å². The van der Waals surface area contributed by atoms with Crippen LogP contribution in [0.4, 0.5) is 5.69 Å². The van der Waals surface area contributed by atoms with Crippen molar-refractivity contribution in [2.24, 2.45) is 16.8 Å². The summed E-state index contributed by atoms with van der Waals surface area (Å²) in [7, 11) is 1.81. The lowest BCUT2D eigenvalue weighted by Gasteiger charge is -2.25. The van der Waals surface area contributed by atoms with Crippen LogP contribution >= 0.6 is 0 Å². The zero-order valence-corrected chi connectivity index (χ0v) is 21.8. The lowest BCUT2D eigenvalue weighted by Crippen LogP contribution is -2.41. The van der Waals surface area contributed by atoms with Gasteiger partial charge in [0.2, 0.25) is 5.91 Å². The van der Waals surface area contributed by atoms with Crippen LogP contribution in [0.15, 0.2) is 65.7 Å². The van der Waals surface area contributed by atoms with Crippen molar-refractivity contribution < 1.29 is 14.3 Å². The zero-order chi connectivity index (χ0) is 26.6. The predicted molar refractivity (Wildman–Crippen MR) is 146 cm³/mol. The van der Waals surface area contributed by atoms with Crippen LogP contribution < -0.4 is 15.5 Å². The Bertz CT molecular complexity index is 1310. The molecule has 3 aliphatic rings. The number of nitrogens with one attached hydrogen (secondary N) is 2. The average molecular weight is 512 g/mol. The number of hydrogen-bond donors (Lipinski definition) is 2. The van der Waals surface area contributed by atoms with Gasteiger partial charge in [0.15, 0.2) is 0 Å². The summed E-state index contributed by atoms with van der Waals surface area (Å²) >= 11 is 0. The van der Waals surface area contributed by atoms with Crippen molar-refractivity contribution in [1.82, 2.24) is 10.6 Å². The Labute approximate surface area is 223 Å². The van der Waals surface area contributed by atoms with Gasteiger partial charge in [-0.3, -0.25) is 14.6 Å². The molecule has 8 heteroatoms. The van der Waals surface area contributed by atoms with Gasteiger partial charge >= 0.3 is 0 Å². The number of carbonyl (C=O) groups excluding carboxylic acids is 2. The van der Waals surface area contributed by atoms with Crippen molar-refractivity contribution in [1.29, 1.82) is 5.26 Å². The molecule has 1 aliphatic carbocycles. The molecule has 196 valence electrons. The number of ether oxygens (including phenoxy) is 1. The highest BCUT2D eigenvalue weighted by atomic mass is 16.5. The lowest BCUT2D eigenvalue weighted by atomic mass is 9.89. The van der Waals surface area contributed by atoms with Crippen molar-refractivity contribution in [2.75, 3.05) is 31.7 Å². The number of fused-ring (bicyclic) bond motifs is 2. The maximum Gasteiger partial charge on any atom is 0.258 e. The number of nitriles is 1. The molecule has 1 saturated heterocycles. The van der Waals surface area contributed by atoms with Crippen molar-refractivity contribution in [3.63, 3.8) is 0 Å². The molecule has 5 atom stereocenters. The van der Waals surface area contributed by atoms with Crippen LogP contribution in [0.5, 0.6) is 0 Å². The first-order valence-electron chi connectivity index (χ1n) is 13.2. The molecule has 38 heavy (non-hydrogen) atoms. The summed E-state index contributed by atoms with van der Waals surface area (Å²) in [4.78, 5) is 32.2. The number of benzene rings is 2. The molecule has 0 saturated carbocycles. The van der Waals surface area contributed by atoms with Gasteiger partial charge in [-0.1, -0.05) is 42.5 Å². The molecule has 1 fully saturated rings. The van der Waals surface area contributed by atoms with Crippen LogP contribution in [-0.4, -0.2) is 56.4 Å². The number of para-hydroxylation sites is 1. The van der Waals surface area contributed by atoms with E-state index in [1.807, 2.05) is 68.6 Å². The van der Waals surface area contributed by atoms with Crippen molar-refractivity contribution in [3.8, 4) is 6.07 Å². The lowest BCUT2D eigenvalue weighted by molar-refractivity contribution is -0.125. The Morgan fingerprint density at radius 2 is 1.97 bits per heavy atom. The highest BCUT2D eigenvalue weighted by Gasteiger charge is 2.31. The normalized spacial score (nSPS) is 26.3. The summed E-state index contributed by atoms with van der Waals surface area (Å²) in [6.45, 7) is 3.65. The van der Waals surface area contributed by atoms with E-state index in [-0.39, 0.29) is 35.9 Å². The second-order valence-corrected chi connectivity index (χ2v) is 10.2. The average Bonchev–Trinajstić information content (AvgIpc) is 3.47. The van der Waals surface area contributed by atoms with Gasteiger partial charge in [0.25, 0.3) is 5.91 Å². The van der Waals surface area contributed by atoms with E-state index < -0.39 is 5.92 Å². The van der Waals surface area contributed by atoms with Gasteiger partial charge in [-0.2, -0.15) is 5.26 Å². The van der Waals surface area contributed by atoms with Crippen LogP contribution in [0.2, 0.25) is 0 Å². The molecule has 2 amide bonds. The first kappa shape index (κ1) is 25.8. The number of anilines is 1. The Kier molecular flexibility index (Phi) is 7.68. The third-order valence-corrected chi connectivity index (χ3v) is 7.53. The standard InChI is InChI=1S/C30H33N5O3/c1-19(33-26-12-11-22(15-21(26)16-31)34-29(36)20-13-14-38-18-20)17-32-28-23-7-3-4-8-24(23)30(37)35(2)27-10-6-5-9-25(27)28/h3-12,19-22,28,32H,13-15,17-18H2,1-2H3,(H,34,36). The SMILES string of the molecule is CC(CNC1c2ccccc2C(=O)N(C)c2ccccc21)N=C1C=CC(NC(=O)C2CCOC2)CC1C#N. The maximum atomic E-state index is 13.2. The molecule has 5 unspecified atom stereocenters. The Morgan fingerprint density at radius 3 is 2.74 bits per heavy atom. The van der Waals surface area contributed by atoms with E-state index in [9.17, 15) is 14.9 Å². The fraction of sp³-hybridized carbons (Fsp3) is 0.400. The van der Waals surface area contributed by atoms with E-state index in [0.29, 0.717) is 31.7 Å². The number of allylic oxidation sites excluding steroid dienone is 1. The third kappa shape index (κ3) is 5.26. The molecule has 2 aromatic carbocycles. The summed E-state index contributed by atoms with van der Waals surface area (Å²) in [5.41, 5.74) is 4.26. The maximum absolute atomic E-state index is 13.2. The molecule has 2 aliphatic heterocycles. The van der Waals surface area contributed by atoms with Gasteiger partial charge in [0.1, 0.15) is 0 Å². The van der Waals surface area contributed by atoms with Crippen LogP contribution in [0.25, 0.3) is 0 Å². The second-order valence-electron chi connectivity index (χ2n) is 10.2. The van der Waals surface area contributed by atoms with E-state index in [1.54, 1.807) is 4.90 Å². The zero-order valence-electron chi connectivity index (χ0n) is 21.8. The summed E-state index contributed by atoms with van der Waals surface area (Å²) in [6, 6.07) is 17.6. The van der Waals surface area contributed by atoms with E-state index in [0.717, 1.165) is 28.9 Å². The van der Waals surface area contributed by atoms with Crippen molar-refractivity contribution in [2.45, 2.75) is 37.9 Å². The predicted octanol–water partition coefficient (Wildman–Crippen LogP) is 3.41. The van der Waals surface area contributed by atoms with Crippen LogP contribution in [0.1, 0.15) is 47.3 Å². The van der Waals surface area contributed by atoms with Crippen LogP contribution in [-0.2, 0) is 9.53 Å². The summed E-state index contributed by atoms with van der Waals surface area (Å²) in [6.07, 6.45) is 5.04. The molecular weight excluding hydrogens is 478 g/mol. The molecule has 8 nitrogen and oxygen atoms in total. The Morgan fingerprint density at radius 1 is 1.21 bits per heavy atom. The number of nitrogens with zero attached hydrogens (tertiary/aromatic N) is 3. The van der Waals surface area contributed by atoms with Crippen LogP contribution in [0.3, 0.4) is 0 Å². The number of aliphatic imine (C=N–C) groups is 1. The molecule has 0 radical (unpaired) electrons. The second kappa shape index (κ2) is 11.3. The molecule has 2 heterocycles. The number of amides is 2. The highest BCUT2D eigenvalue weighted by molar-refractivity contribution is 6.08. The smallest absolute Gasteiger partial charge is 0.258 e.